The van der Waals surface area contributed by atoms with Crippen LogP contribution in [0.15, 0.2) is 36.7 Å². The molecular weight excluding hydrogens is 382 g/mol. The fourth-order valence-corrected chi connectivity index (χ4v) is 3.75. The summed E-state index contributed by atoms with van der Waals surface area (Å²) >= 11 is 0. The van der Waals surface area contributed by atoms with Crippen molar-refractivity contribution >= 4 is 17.5 Å². The van der Waals surface area contributed by atoms with Crippen LogP contribution in [0.3, 0.4) is 0 Å². The van der Waals surface area contributed by atoms with Crippen molar-refractivity contribution in [1.82, 2.24) is 19.7 Å². The number of amides is 1. The van der Waals surface area contributed by atoms with Crippen LogP contribution in [-0.2, 0) is 11.8 Å². The fraction of sp³-hybridized carbons (Fsp3) is 0.381. The molecule has 1 amide bonds. The number of hydrogen-bond acceptors (Lipinski definition) is 6. The van der Waals surface area contributed by atoms with E-state index < -0.39 is 6.09 Å². The number of methoxy groups -OCH3 is 1. The Morgan fingerprint density at radius 1 is 1.30 bits per heavy atom. The van der Waals surface area contributed by atoms with Crippen molar-refractivity contribution in [3.8, 4) is 11.3 Å². The number of nitrogens with zero attached hydrogens (tertiary/aromatic N) is 3. The Balaban J connectivity index is 1.76. The number of fused-ring (bicyclic) bond motifs is 4. The highest BCUT2D eigenvalue weighted by Gasteiger charge is 2.20. The summed E-state index contributed by atoms with van der Waals surface area (Å²) in [4.78, 5) is 19.6. The van der Waals surface area contributed by atoms with Crippen LogP contribution >= 0.6 is 0 Å². The van der Waals surface area contributed by atoms with Crippen molar-refractivity contribution < 1.29 is 9.53 Å². The summed E-state index contributed by atoms with van der Waals surface area (Å²) in [6.45, 7) is 0. The quantitative estimate of drug-likeness (QED) is 0.512. The van der Waals surface area contributed by atoms with Gasteiger partial charge in [-0.25, -0.2) is 9.78 Å². The van der Waals surface area contributed by atoms with E-state index in [0.29, 0.717) is 5.69 Å². The minimum Gasteiger partial charge on any atom is -0.453 e. The molecule has 1 aliphatic heterocycles. The van der Waals surface area contributed by atoms with Crippen molar-refractivity contribution in [3.05, 3.63) is 48.2 Å². The van der Waals surface area contributed by atoms with E-state index >= 15 is 0 Å². The number of nitrogens with one attached hydrogen (secondary N) is 3. The number of anilines is 2. The Labute approximate surface area is 175 Å². The molecule has 158 valence electrons. The average molecular weight is 409 g/mol. The number of nitrogens with two attached hydrogens (primary N) is 1. The van der Waals surface area contributed by atoms with Crippen molar-refractivity contribution in [2.45, 2.75) is 37.8 Å². The van der Waals surface area contributed by atoms with Gasteiger partial charge in [0.1, 0.15) is 5.82 Å². The van der Waals surface area contributed by atoms with E-state index in [0.717, 1.165) is 54.1 Å². The van der Waals surface area contributed by atoms with E-state index in [-0.39, 0.29) is 12.1 Å². The maximum absolute atomic E-state index is 11.7. The number of hydrogen-bond donors (Lipinski definition) is 4. The van der Waals surface area contributed by atoms with Crippen LogP contribution in [0.1, 0.15) is 49.3 Å². The van der Waals surface area contributed by atoms with E-state index in [2.05, 4.69) is 20.7 Å². The lowest BCUT2D eigenvalue weighted by molar-refractivity contribution is 0.187. The van der Waals surface area contributed by atoms with Gasteiger partial charge in [-0.2, -0.15) is 5.10 Å². The summed E-state index contributed by atoms with van der Waals surface area (Å²) in [6, 6.07) is 7.57. The zero-order valence-corrected chi connectivity index (χ0v) is 17.2. The summed E-state index contributed by atoms with van der Waals surface area (Å²) < 4.78 is 6.53. The summed E-state index contributed by atoms with van der Waals surface area (Å²) in [6.07, 6.45) is 7.09. The molecule has 0 saturated heterocycles. The first-order chi connectivity index (χ1) is 14.5. The number of aromatic nitrogens is 4. The van der Waals surface area contributed by atoms with Crippen LogP contribution in [-0.4, -0.2) is 33.0 Å². The van der Waals surface area contributed by atoms with Gasteiger partial charge >= 0.3 is 6.09 Å². The molecule has 3 aromatic rings. The number of rotatable bonds is 2. The van der Waals surface area contributed by atoms with Crippen LogP contribution in [0.4, 0.5) is 16.2 Å². The third-order valence-corrected chi connectivity index (χ3v) is 5.36. The molecule has 1 aromatic carbocycles. The third-order valence-electron chi connectivity index (χ3n) is 5.36. The molecule has 30 heavy (non-hydrogen) atoms. The number of aromatic amines is 1. The molecule has 0 unspecified atom stereocenters. The Kier molecular flexibility index (Phi) is 5.71. The molecule has 2 atom stereocenters. The molecule has 2 bridgehead atoms. The fourth-order valence-electron chi connectivity index (χ4n) is 3.75. The summed E-state index contributed by atoms with van der Waals surface area (Å²) in [7, 11) is 3.25. The van der Waals surface area contributed by atoms with E-state index in [4.69, 9.17) is 15.5 Å². The number of H-pyrrole nitrogens is 1. The molecular formula is C21H27N7O2. The lowest BCUT2D eigenvalue weighted by Gasteiger charge is -2.22. The average Bonchev–Trinajstić information content (AvgIpc) is 3.39. The molecule has 1 aliphatic rings. The van der Waals surface area contributed by atoms with Gasteiger partial charge in [-0.15, -0.1) is 0 Å². The highest BCUT2D eigenvalue weighted by Crippen LogP contribution is 2.35. The smallest absolute Gasteiger partial charge is 0.411 e. The second kappa shape index (κ2) is 8.58. The Morgan fingerprint density at radius 2 is 2.13 bits per heavy atom. The predicted molar refractivity (Wildman–Crippen MR) is 115 cm³/mol. The molecule has 0 spiro atoms. The van der Waals surface area contributed by atoms with Gasteiger partial charge in [0.05, 0.1) is 30.6 Å². The number of ether oxygens (including phenoxy) is 1. The second-order valence-electron chi connectivity index (χ2n) is 7.55. The van der Waals surface area contributed by atoms with Crippen molar-refractivity contribution in [2.24, 2.45) is 12.8 Å². The van der Waals surface area contributed by atoms with E-state index in [9.17, 15) is 4.79 Å². The number of benzene rings is 1. The van der Waals surface area contributed by atoms with Gasteiger partial charge in [-0.3, -0.25) is 10.00 Å². The minimum atomic E-state index is -0.516. The van der Waals surface area contributed by atoms with Gasteiger partial charge in [0.2, 0.25) is 0 Å². The van der Waals surface area contributed by atoms with E-state index in [1.54, 1.807) is 4.68 Å². The van der Waals surface area contributed by atoms with Gasteiger partial charge in [0, 0.05) is 36.4 Å². The first-order valence-corrected chi connectivity index (χ1v) is 10.1. The number of carbonyl (C=O) groups excluding carboxylic acids is 1. The summed E-state index contributed by atoms with van der Waals surface area (Å²) in [5.41, 5.74) is 10.5. The van der Waals surface area contributed by atoms with Gasteiger partial charge in [-0.1, -0.05) is 12.8 Å². The number of carbonyl (C=O) groups is 1. The lowest BCUT2D eigenvalue weighted by atomic mass is 10.0. The van der Waals surface area contributed by atoms with Gasteiger partial charge in [-0.05, 0) is 37.1 Å². The molecule has 0 radical (unpaired) electrons. The highest BCUT2D eigenvalue weighted by molar-refractivity contribution is 5.88. The topological polar surface area (TPSA) is 123 Å². The zero-order valence-electron chi connectivity index (χ0n) is 17.2. The normalized spacial score (nSPS) is 19.0. The maximum atomic E-state index is 11.7. The molecule has 2 aromatic heterocycles. The lowest BCUT2D eigenvalue weighted by Crippen LogP contribution is -2.16. The van der Waals surface area contributed by atoms with E-state index in [1.807, 2.05) is 43.7 Å². The molecule has 9 nitrogen and oxygen atoms in total. The largest absolute Gasteiger partial charge is 0.453 e. The first kappa shape index (κ1) is 20.0. The molecule has 4 rings (SSSR count). The van der Waals surface area contributed by atoms with Crippen LogP contribution < -0.4 is 16.4 Å². The number of aryl methyl sites for hydroxylation is 1. The SMILES string of the molecule is COC(=O)Nc1ccc2c(c1)N[C@H](c1ccn(C)n1)CCCC[C@H](N)c1nc-2c[nH]1. The Bertz CT molecular complexity index is 1030. The molecule has 3 heterocycles. The third kappa shape index (κ3) is 4.30. The molecule has 0 fully saturated rings. The monoisotopic (exact) mass is 409 g/mol. The predicted octanol–water partition coefficient (Wildman–Crippen LogP) is 3.72. The standard InChI is InChI=1S/C21H27N7O2/c1-28-10-9-17(27-28)16-6-4-3-5-15(22)20-23-12-19(26-20)14-8-7-13(11-18(14)25-16)24-21(29)30-2/h7-12,15-16,25H,3-6,22H2,1-2H3,(H,23,26)(H,24,29)/t15-,16-/m0/s1. The van der Waals surface area contributed by atoms with Gasteiger partial charge in [0.25, 0.3) is 0 Å². The Hall–Kier alpha value is -3.33. The number of imidazole rings is 1. The van der Waals surface area contributed by atoms with Crippen molar-refractivity contribution in [3.63, 3.8) is 0 Å². The van der Waals surface area contributed by atoms with E-state index in [1.165, 1.54) is 7.11 Å². The van der Waals surface area contributed by atoms with Crippen molar-refractivity contribution in [1.29, 1.82) is 0 Å². The molecule has 9 heteroatoms. The van der Waals surface area contributed by atoms with Crippen molar-refractivity contribution in [2.75, 3.05) is 17.7 Å². The maximum Gasteiger partial charge on any atom is 0.411 e. The summed E-state index contributed by atoms with van der Waals surface area (Å²) in [5, 5.41) is 11.0. The summed E-state index contributed by atoms with van der Waals surface area (Å²) in [5.74, 6) is 0.787. The van der Waals surface area contributed by atoms with Crippen LogP contribution in [0, 0.1) is 0 Å². The highest BCUT2D eigenvalue weighted by atomic mass is 16.5. The van der Waals surface area contributed by atoms with Gasteiger partial charge in [0.15, 0.2) is 0 Å². The first-order valence-electron chi connectivity index (χ1n) is 10.1. The van der Waals surface area contributed by atoms with Gasteiger partial charge < -0.3 is 20.8 Å². The molecule has 0 aliphatic carbocycles. The van der Waals surface area contributed by atoms with Crippen LogP contribution in [0.5, 0.6) is 0 Å². The molecule has 0 saturated carbocycles. The second-order valence-corrected chi connectivity index (χ2v) is 7.55. The van der Waals surface area contributed by atoms with Crippen LogP contribution in [0.25, 0.3) is 11.3 Å². The molecule has 5 N–H and O–H groups in total. The Morgan fingerprint density at radius 3 is 2.90 bits per heavy atom. The zero-order chi connectivity index (χ0) is 21.1. The van der Waals surface area contributed by atoms with Crippen LogP contribution in [0.2, 0.25) is 0 Å². The minimum absolute atomic E-state index is 0.0207.